The lowest BCUT2D eigenvalue weighted by atomic mass is 9.81. The monoisotopic (exact) mass is 1410 g/mol. The van der Waals surface area contributed by atoms with Gasteiger partial charge in [-0.3, -0.25) is 0 Å². The third-order valence-corrected chi connectivity index (χ3v) is 17.7. The van der Waals surface area contributed by atoms with E-state index in [1.165, 1.54) is 0 Å². The van der Waals surface area contributed by atoms with Crippen molar-refractivity contribution in [3.8, 4) is 77.9 Å². The van der Waals surface area contributed by atoms with E-state index in [-0.39, 0.29) is 77.2 Å². The molecule has 0 saturated carbocycles. The van der Waals surface area contributed by atoms with Gasteiger partial charge in [0.1, 0.15) is 13.1 Å². The van der Waals surface area contributed by atoms with Gasteiger partial charge >= 0.3 is 49.4 Å². The van der Waals surface area contributed by atoms with Gasteiger partial charge in [0.15, 0.2) is 0 Å². The Labute approximate surface area is 548 Å². The second-order valence-corrected chi connectivity index (χ2v) is 24.6. The van der Waals surface area contributed by atoms with Crippen molar-refractivity contribution in [2.45, 2.75) is 102 Å². The van der Waals surface area contributed by atoms with Crippen molar-refractivity contribution in [2.75, 3.05) is 13.1 Å². The minimum absolute atomic E-state index is 0.0201. The first-order valence-electron chi connectivity index (χ1n) is 30.4. The molecule has 0 saturated heterocycles. The van der Waals surface area contributed by atoms with Crippen molar-refractivity contribution in [1.82, 2.24) is 0 Å². The van der Waals surface area contributed by atoms with Gasteiger partial charge in [-0.25, -0.2) is 0 Å². The Kier molecular flexibility index (Phi) is 18.2. The molecule has 1 aliphatic heterocycles. The van der Waals surface area contributed by atoms with E-state index >= 15 is 0 Å². The third-order valence-electron chi connectivity index (χ3n) is 17.7. The molecule has 0 aliphatic carbocycles. The minimum Gasteiger partial charge on any atom is -0.316 e. The first-order chi connectivity index (χ1) is 45.9. The van der Waals surface area contributed by atoms with Crippen LogP contribution in [0.2, 0.25) is 0 Å². The number of hydrogen-bond donors (Lipinski definition) is 0. The van der Waals surface area contributed by atoms with E-state index in [2.05, 4.69) is 0 Å². The fraction of sp³-hybridized carbons (Fsp3) is 0.243. The normalized spacial score (nSPS) is 14.2. The fourth-order valence-corrected chi connectivity index (χ4v) is 13.1. The van der Waals surface area contributed by atoms with Crippen LogP contribution in [0, 0.1) is 0 Å². The van der Waals surface area contributed by atoms with Crippen LogP contribution in [0.3, 0.4) is 0 Å². The Morgan fingerprint density at radius 1 is 0.263 bits per heavy atom. The van der Waals surface area contributed by atoms with E-state index in [0.717, 1.165) is 36.4 Å². The van der Waals surface area contributed by atoms with Crippen LogP contribution in [0.15, 0.2) is 170 Å². The molecule has 0 radical (unpaired) electrons. The second kappa shape index (κ2) is 25.3. The van der Waals surface area contributed by atoms with Crippen molar-refractivity contribution in [3.05, 3.63) is 225 Å². The van der Waals surface area contributed by atoms with Gasteiger partial charge in [-0.05, 0) is 222 Å². The van der Waals surface area contributed by atoms with Crippen molar-refractivity contribution >= 4 is 21.5 Å². The number of hydrogen-bond acceptors (Lipinski definition) is 0. The zero-order chi connectivity index (χ0) is 72.1. The predicted octanol–water partition coefficient (Wildman–Crippen LogP) is 26.2. The van der Waals surface area contributed by atoms with Crippen LogP contribution in [0.4, 0.5) is 105 Å². The summed E-state index contributed by atoms with van der Waals surface area (Å²) < 4.78 is 353. The van der Waals surface area contributed by atoms with Crippen molar-refractivity contribution < 1.29 is 110 Å². The predicted molar refractivity (Wildman–Crippen MR) is 327 cm³/mol. The number of rotatable bonds is 12. The van der Waals surface area contributed by atoms with E-state index < -0.39 is 138 Å². The van der Waals surface area contributed by atoms with Gasteiger partial charge in [0.2, 0.25) is 0 Å². The molecule has 0 spiro atoms. The van der Waals surface area contributed by atoms with Gasteiger partial charge in [-0.1, -0.05) is 75.2 Å². The molecular formula is C74H50F24N+. The Morgan fingerprint density at radius 3 is 0.697 bits per heavy atom. The van der Waals surface area contributed by atoms with Crippen LogP contribution >= 0.6 is 0 Å². The maximum absolute atomic E-state index is 14.7. The van der Waals surface area contributed by atoms with E-state index in [9.17, 15) is 105 Å². The molecule has 10 aromatic rings. The van der Waals surface area contributed by atoms with Gasteiger partial charge in [-0.2, -0.15) is 105 Å². The summed E-state index contributed by atoms with van der Waals surface area (Å²) in [7, 11) is 0. The Bertz CT molecular complexity index is 4150. The highest BCUT2D eigenvalue weighted by Crippen LogP contribution is 2.54. The van der Waals surface area contributed by atoms with E-state index in [1.807, 2.05) is 13.8 Å². The summed E-state index contributed by atoms with van der Waals surface area (Å²) in [6.07, 6.45) is -41.9. The molecule has 1 heterocycles. The van der Waals surface area contributed by atoms with Crippen LogP contribution in [-0.4, -0.2) is 17.6 Å². The minimum atomic E-state index is -5.46. The Balaban J connectivity index is 1.32. The number of quaternary nitrogens is 1. The van der Waals surface area contributed by atoms with Gasteiger partial charge < -0.3 is 4.48 Å². The molecule has 0 amide bonds. The molecule has 1 aliphatic rings. The summed E-state index contributed by atoms with van der Waals surface area (Å²) in [6.45, 7) is 3.99. The third kappa shape index (κ3) is 14.8. The molecule has 1 nitrogen and oxygen atoms in total. The highest BCUT2D eigenvalue weighted by molar-refractivity contribution is 6.12. The molecule has 0 atom stereocenters. The summed E-state index contributed by atoms with van der Waals surface area (Å²) in [5.74, 6) is 0. The van der Waals surface area contributed by atoms with Crippen molar-refractivity contribution in [3.63, 3.8) is 0 Å². The van der Waals surface area contributed by atoms with Crippen LogP contribution in [0.1, 0.15) is 95.2 Å². The van der Waals surface area contributed by atoms with Crippen LogP contribution < -0.4 is 0 Å². The number of halogens is 24. The second-order valence-electron chi connectivity index (χ2n) is 24.6. The lowest BCUT2D eigenvalue weighted by Gasteiger charge is -2.39. The summed E-state index contributed by atoms with van der Waals surface area (Å²) in [5.41, 5.74) is -19.0. The number of nitrogens with zero attached hydrogens (tertiary/aromatic N) is 1. The number of benzene rings is 10. The van der Waals surface area contributed by atoms with Crippen molar-refractivity contribution in [1.29, 1.82) is 0 Å². The van der Waals surface area contributed by atoms with Gasteiger partial charge in [-0.15, -0.1) is 0 Å². The Morgan fingerprint density at radius 2 is 0.475 bits per heavy atom. The molecule has 25 heteroatoms. The maximum atomic E-state index is 14.7. The van der Waals surface area contributed by atoms with Gasteiger partial charge in [0, 0.05) is 22.3 Å². The maximum Gasteiger partial charge on any atom is 0.416 e. The van der Waals surface area contributed by atoms with Crippen LogP contribution in [-0.2, 0) is 62.5 Å². The van der Waals surface area contributed by atoms with Crippen LogP contribution in [0.5, 0.6) is 0 Å². The lowest BCUT2D eigenvalue weighted by molar-refractivity contribution is -0.953. The summed E-state index contributed by atoms with van der Waals surface area (Å²) in [6, 6.07) is 24.2. The molecule has 99 heavy (non-hydrogen) atoms. The number of unbranched alkanes of at least 4 members (excludes halogenated alkanes) is 2. The SMILES string of the molecule is CCCC[N+]1(CCCC)Cc2c(-c3cc(-c4cc(C(F)(F)F)cc(C(F)(F)F)c4)cc(-c4cc(C(F)(F)F)cc(C(F)(F)F)c4)c3)cc3ccccc3c2-c2c(c(-c3cc(-c4cc(C(F)(F)F)cc(C(F)(F)F)c4)cc(-c4cc(C(F)(F)F)cc(C(F)(F)F)c4)c3)cc3ccccc23)C1. The molecule has 0 N–H and O–H groups in total. The quantitative estimate of drug-likeness (QED) is 0.0845. The molecule has 10 aromatic carbocycles. The average Bonchev–Trinajstić information content (AvgIpc) is 1.65. The zero-order valence-corrected chi connectivity index (χ0v) is 51.3. The highest BCUT2D eigenvalue weighted by atomic mass is 19.4. The Hall–Kier alpha value is -9.00. The molecular weight excluding hydrogens is 1360 g/mol. The topological polar surface area (TPSA) is 0 Å². The molecule has 0 fully saturated rings. The first kappa shape index (κ1) is 71.3. The molecule has 0 bridgehead atoms. The van der Waals surface area contributed by atoms with Gasteiger partial charge in [0.05, 0.1) is 57.6 Å². The molecule has 11 rings (SSSR count). The van der Waals surface area contributed by atoms with E-state index in [0.29, 0.717) is 118 Å². The highest BCUT2D eigenvalue weighted by Gasteiger charge is 2.44. The summed E-state index contributed by atoms with van der Waals surface area (Å²) >= 11 is 0. The molecule has 0 unspecified atom stereocenters. The van der Waals surface area contributed by atoms with E-state index in [1.54, 1.807) is 60.7 Å². The smallest absolute Gasteiger partial charge is 0.316 e. The fourth-order valence-electron chi connectivity index (χ4n) is 13.1. The van der Waals surface area contributed by atoms with Gasteiger partial charge in [0.25, 0.3) is 0 Å². The molecule has 0 aromatic heterocycles. The average molecular weight is 1410 g/mol. The zero-order valence-electron chi connectivity index (χ0n) is 51.3. The van der Waals surface area contributed by atoms with E-state index in [4.69, 9.17) is 0 Å². The summed E-state index contributed by atoms with van der Waals surface area (Å²) in [4.78, 5) is 0. The lowest BCUT2D eigenvalue weighted by Crippen LogP contribution is -2.47. The summed E-state index contributed by atoms with van der Waals surface area (Å²) in [5, 5.41) is 1.45. The van der Waals surface area contributed by atoms with Crippen LogP contribution in [0.25, 0.3) is 99.4 Å². The largest absolute Gasteiger partial charge is 0.416 e. The van der Waals surface area contributed by atoms with Crippen molar-refractivity contribution in [2.24, 2.45) is 0 Å². The standard InChI is InChI=1S/C74H50F24N/c1-3-5-15-99(16-6-4-2)37-63-61(49-19-41(45-23-51(67(75,76)77)33-52(24-45)68(78,79)80)17-42(20-49)46-25-53(69(81,82)83)34-54(26-46)70(84,85)86)31-39-11-7-9-13-59(39)65(63)66-60-14-10-8-12-40(60)32-62(64(66)38-99)50-21-43(47-27-55(71(87,88)89)35-56(28-47)72(90,91)92)18-44(22-50)48-29-57(73(93,94)95)36-58(30-48)74(96,97)98/h7-14,17-36H,3-6,15-16,37-38H2,1-2H3/q+1. The first-order valence-corrected chi connectivity index (χ1v) is 30.4. The molecule has 518 valence electrons. The number of fused-ring (bicyclic) bond motifs is 7. The number of alkyl halides is 24.